The Morgan fingerprint density at radius 1 is 1.14 bits per heavy atom. The first kappa shape index (κ1) is 22.7. The summed E-state index contributed by atoms with van der Waals surface area (Å²) in [6, 6.07) is 9.72. The maximum atomic E-state index is 11.7. The first-order valence-electron chi connectivity index (χ1n) is 10.4. The molecular formula is C27H34O2. The molecule has 1 aromatic rings. The lowest BCUT2D eigenvalue weighted by Crippen LogP contribution is -2.19. The van der Waals surface area contributed by atoms with Crippen LogP contribution in [0.4, 0.5) is 0 Å². The van der Waals surface area contributed by atoms with E-state index in [-0.39, 0.29) is 5.41 Å². The average molecular weight is 391 g/mol. The molecule has 1 aliphatic carbocycles. The molecule has 2 rings (SSSR count). The van der Waals surface area contributed by atoms with Gasteiger partial charge in [-0.15, -0.1) is 0 Å². The van der Waals surface area contributed by atoms with Crippen LogP contribution in [0.5, 0.6) is 0 Å². The summed E-state index contributed by atoms with van der Waals surface area (Å²) in [5.74, 6) is -0.862. The Morgan fingerprint density at radius 3 is 2.45 bits per heavy atom. The van der Waals surface area contributed by atoms with E-state index in [0.29, 0.717) is 12.0 Å². The molecule has 0 unspecified atom stereocenters. The van der Waals surface area contributed by atoms with Gasteiger partial charge in [0.05, 0.1) is 0 Å². The van der Waals surface area contributed by atoms with Crippen LogP contribution in [0.15, 0.2) is 88.6 Å². The van der Waals surface area contributed by atoms with Crippen molar-refractivity contribution in [3.05, 3.63) is 94.1 Å². The first-order chi connectivity index (χ1) is 13.7. The number of carbonyl (C=O) groups is 1. The van der Waals surface area contributed by atoms with Crippen molar-refractivity contribution < 1.29 is 9.90 Å². The molecule has 0 aromatic heterocycles. The van der Waals surface area contributed by atoms with Crippen molar-refractivity contribution in [2.45, 2.75) is 60.3 Å². The summed E-state index contributed by atoms with van der Waals surface area (Å²) < 4.78 is 0. The lowest BCUT2D eigenvalue weighted by molar-refractivity contribution is -0.132. The van der Waals surface area contributed by atoms with Gasteiger partial charge in [-0.1, -0.05) is 85.7 Å². The molecule has 1 aliphatic rings. The highest BCUT2D eigenvalue weighted by Crippen LogP contribution is 2.40. The van der Waals surface area contributed by atoms with Gasteiger partial charge in [0.1, 0.15) is 0 Å². The molecule has 29 heavy (non-hydrogen) atoms. The number of carboxylic acids is 1. The predicted octanol–water partition coefficient (Wildman–Crippen LogP) is 7.22. The van der Waals surface area contributed by atoms with Crippen LogP contribution in [0.2, 0.25) is 0 Å². The number of carboxylic acid groups (broad SMARTS) is 1. The van der Waals surface area contributed by atoms with Crippen LogP contribution in [0.1, 0.15) is 59.4 Å². The number of rotatable bonds is 7. The van der Waals surface area contributed by atoms with Crippen LogP contribution in [-0.4, -0.2) is 11.1 Å². The lowest BCUT2D eigenvalue weighted by atomic mass is 9.72. The Balaban J connectivity index is 2.13. The normalized spacial score (nSPS) is 18.4. The molecular weight excluding hydrogens is 356 g/mol. The molecule has 0 saturated carbocycles. The van der Waals surface area contributed by atoms with Gasteiger partial charge in [-0.25, -0.2) is 4.79 Å². The van der Waals surface area contributed by atoms with Gasteiger partial charge in [0, 0.05) is 12.0 Å². The van der Waals surface area contributed by atoms with Crippen LogP contribution < -0.4 is 0 Å². The molecule has 0 fully saturated rings. The van der Waals surface area contributed by atoms with E-state index in [9.17, 15) is 9.90 Å². The highest BCUT2D eigenvalue weighted by molar-refractivity contribution is 5.88. The molecule has 0 heterocycles. The predicted molar refractivity (Wildman–Crippen MR) is 123 cm³/mol. The van der Waals surface area contributed by atoms with Gasteiger partial charge < -0.3 is 5.11 Å². The fourth-order valence-corrected chi connectivity index (χ4v) is 3.91. The molecule has 0 saturated heterocycles. The van der Waals surface area contributed by atoms with E-state index in [1.54, 1.807) is 0 Å². The highest BCUT2D eigenvalue weighted by Gasteiger charge is 2.26. The third kappa shape index (κ3) is 6.74. The SMILES string of the molecule is CC1=C(/C=C/C(C)=C/C=C/C(C)=C(\Cc2ccccc2)C(=O)O)C(C)(C)CCC1. The molecule has 1 aromatic carbocycles. The second-order valence-electron chi connectivity index (χ2n) is 8.66. The Labute approximate surface area is 176 Å². The summed E-state index contributed by atoms with van der Waals surface area (Å²) >= 11 is 0. The van der Waals surface area contributed by atoms with Crippen molar-refractivity contribution in [3.8, 4) is 0 Å². The van der Waals surface area contributed by atoms with Gasteiger partial charge >= 0.3 is 5.97 Å². The molecule has 2 nitrogen and oxygen atoms in total. The summed E-state index contributed by atoms with van der Waals surface area (Å²) in [6.45, 7) is 10.8. The molecule has 0 aliphatic heterocycles. The third-order valence-corrected chi connectivity index (χ3v) is 5.72. The van der Waals surface area contributed by atoms with Gasteiger partial charge in [0.15, 0.2) is 0 Å². The van der Waals surface area contributed by atoms with E-state index < -0.39 is 5.97 Å². The zero-order chi connectivity index (χ0) is 21.4. The molecule has 0 bridgehead atoms. The van der Waals surface area contributed by atoms with E-state index in [1.807, 2.05) is 55.5 Å². The zero-order valence-electron chi connectivity index (χ0n) is 18.5. The minimum Gasteiger partial charge on any atom is -0.478 e. The van der Waals surface area contributed by atoms with Gasteiger partial charge in [0.2, 0.25) is 0 Å². The highest BCUT2D eigenvalue weighted by atomic mass is 16.4. The average Bonchev–Trinajstić information content (AvgIpc) is 2.65. The minimum atomic E-state index is -0.862. The number of hydrogen-bond donors (Lipinski definition) is 1. The standard InChI is InChI=1S/C27H34O2/c1-20(16-17-25-22(3)13-10-18-27(25,4)5)11-9-12-21(2)24(26(28)29)19-23-14-7-6-8-15-23/h6-9,11-12,14-17H,10,13,18-19H2,1-5H3,(H,28,29)/b12-9+,17-16+,20-11+,24-21+. The fraction of sp³-hybridized carbons (Fsp3) is 0.370. The number of benzene rings is 1. The van der Waals surface area contributed by atoms with Crippen LogP contribution >= 0.6 is 0 Å². The molecule has 1 N–H and O–H groups in total. The third-order valence-electron chi connectivity index (χ3n) is 5.72. The quantitative estimate of drug-likeness (QED) is 0.394. The zero-order valence-corrected chi connectivity index (χ0v) is 18.5. The molecule has 154 valence electrons. The van der Waals surface area contributed by atoms with Crippen LogP contribution in [-0.2, 0) is 11.2 Å². The van der Waals surface area contributed by atoms with Gasteiger partial charge in [-0.2, -0.15) is 0 Å². The maximum absolute atomic E-state index is 11.7. The second-order valence-corrected chi connectivity index (χ2v) is 8.66. The van der Waals surface area contributed by atoms with Gasteiger partial charge in [0.25, 0.3) is 0 Å². The van der Waals surface area contributed by atoms with E-state index in [1.165, 1.54) is 30.4 Å². The Kier molecular flexibility index (Phi) is 8.01. The maximum Gasteiger partial charge on any atom is 0.332 e. The van der Waals surface area contributed by atoms with Crippen molar-refractivity contribution in [3.63, 3.8) is 0 Å². The molecule has 0 atom stereocenters. The molecule has 0 spiro atoms. The van der Waals surface area contributed by atoms with Crippen LogP contribution in [0, 0.1) is 5.41 Å². The summed E-state index contributed by atoms with van der Waals surface area (Å²) in [5, 5.41) is 9.59. The first-order valence-corrected chi connectivity index (χ1v) is 10.4. The van der Waals surface area contributed by atoms with Crippen molar-refractivity contribution in [2.75, 3.05) is 0 Å². The summed E-state index contributed by atoms with van der Waals surface area (Å²) in [7, 11) is 0. The van der Waals surface area contributed by atoms with Crippen molar-refractivity contribution in [1.29, 1.82) is 0 Å². The van der Waals surface area contributed by atoms with E-state index in [2.05, 4.69) is 39.8 Å². The van der Waals surface area contributed by atoms with E-state index >= 15 is 0 Å². The van der Waals surface area contributed by atoms with Crippen LogP contribution in [0.25, 0.3) is 0 Å². The van der Waals surface area contributed by atoms with Crippen molar-refractivity contribution in [2.24, 2.45) is 5.41 Å². The summed E-state index contributed by atoms with van der Waals surface area (Å²) in [4.78, 5) is 11.7. The largest absolute Gasteiger partial charge is 0.478 e. The molecule has 0 amide bonds. The monoisotopic (exact) mass is 390 g/mol. The Hall–Kier alpha value is -2.61. The van der Waals surface area contributed by atoms with Crippen LogP contribution in [0.3, 0.4) is 0 Å². The van der Waals surface area contributed by atoms with Crippen molar-refractivity contribution >= 4 is 5.97 Å². The van der Waals surface area contributed by atoms with E-state index in [4.69, 9.17) is 0 Å². The van der Waals surface area contributed by atoms with Gasteiger partial charge in [-0.05, 0) is 62.2 Å². The number of aliphatic carboxylic acids is 1. The molecule has 2 heteroatoms. The Morgan fingerprint density at radius 2 is 1.83 bits per heavy atom. The minimum absolute atomic E-state index is 0.238. The smallest absolute Gasteiger partial charge is 0.332 e. The second kappa shape index (κ2) is 10.2. The summed E-state index contributed by atoms with van der Waals surface area (Å²) in [6.07, 6.45) is 14.4. The summed E-state index contributed by atoms with van der Waals surface area (Å²) in [5.41, 5.74) is 6.54. The lowest BCUT2D eigenvalue weighted by Gasteiger charge is -2.32. The number of hydrogen-bond acceptors (Lipinski definition) is 1. The van der Waals surface area contributed by atoms with E-state index in [0.717, 1.165) is 16.7 Å². The topological polar surface area (TPSA) is 37.3 Å². The molecule has 0 radical (unpaired) electrons. The van der Waals surface area contributed by atoms with Gasteiger partial charge in [-0.3, -0.25) is 0 Å². The Bertz CT molecular complexity index is 874. The number of allylic oxidation sites excluding steroid dienone is 9. The fourth-order valence-electron chi connectivity index (χ4n) is 3.91. The van der Waals surface area contributed by atoms with Crippen molar-refractivity contribution in [1.82, 2.24) is 0 Å².